The van der Waals surface area contributed by atoms with E-state index in [1.165, 1.54) is 0 Å². The number of hydrogen-bond donors (Lipinski definition) is 0. The first kappa shape index (κ1) is 22.6. The molecular formula is C23H28ClN3O5. The second-order valence-corrected chi connectivity index (χ2v) is 8.58. The number of amides is 2. The number of aromatic nitrogens is 1. The number of aryl methyl sites for hydroxylation is 1. The lowest BCUT2D eigenvalue weighted by Crippen LogP contribution is -2.50. The number of benzene rings is 1. The van der Waals surface area contributed by atoms with Crippen molar-refractivity contribution in [2.45, 2.75) is 32.3 Å². The van der Waals surface area contributed by atoms with Crippen LogP contribution in [0, 0.1) is 5.92 Å². The zero-order valence-corrected chi connectivity index (χ0v) is 18.9. The number of piperidine rings is 1. The fourth-order valence-electron chi connectivity index (χ4n) is 4.14. The summed E-state index contributed by atoms with van der Waals surface area (Å²) in [5.41, 5.74) is 0.744. The second kappa shape index (κ2) is 10.4. The number of hydrogen-bond acceptors (Lipinski definition) is 6. The van der Waals surface area contributed by atoms with E-state index in [1.54, 1.807) is 23.1 Å². The number of ether oxygens (including phenoxy) is 2. The van der Waals surface area contributed by atoms with Gasteiger partial charge in [-0.2, -0.15) is 0 Å². The molecule has 2 amide bonds. The van der Waals surface area contributed by atoms with Gasteiger partial charge in [0.1, 0.15) is 11.9 Å². The predicted molar refractivity (Wildman–Crippen MR) is 118 cm³/mol. The zero-order valence-electron chi connectivity index (χ0n) is 18.2. The molecule has 2 atom stereocenters. The molecule has 32 heavy (non-hydrogen) atoms. The van der Waals surface area contributed by atoms with Crippen molar-refractivity contribution in [3.05, 3.63) is 46.8 Å². The Bertz CT molecular complexity index is 926. The number of carbonyl (C=O) groups is 2. The van der Waals surface area contributed by atoms with Crippen molar-refractivity contribution in [3.8, 4) is 5.75 Å². The van der Waals surface area contributed by atoms with Gasteiger partial charge in [-0.05, 0) is 30.7 Å². The summed E-state index contributed by atoms with van der Waals surface area (Å²) >= 11 is 5.99. The lowest BCUT2D eigenvalue weighted by atomic mass is 9.90. The van der Waals surface area contributed by atoms with Crippen LogP contribution in [0.2, 0.25) is 5.02 Å². The maximum Gasteiger partial charge on any atom is 0.292 e. The molecule has 172 valence electrons. The van der Waals surface area contributed by atoms with Gasteiger partial charge in [0.25, 0.3) is 5.91 Å². The minimum Gasteiger partial charge on any atom is -0.490 e. The molecule has 2 aliphatic heterocycles. The Morgan fingerprint density at radius 3 is 2.59 bits per heavy atom. The van der Waals surface area contributed by atoms with E-state index in [0.717, 1.165) is 5.69 Å². The lowest BCUT2D eigenvalue weighted by Gasteiger charge is -2.39. The van der Waals surface area contributed by atoms with Gasteiger partial charge in [-0.1, -0.05) is 23.7 Å². The summed E-state index contributed by atoms with van der Waals surface area (Å²) in [7, 11) is 0. The third-order valence-corrected chi connectivity index (χ3v) is 6.24. The number of carbonyl (C=O) groups excluding carboxylic acids is 2. The van der Waals surface area contributed by atoms with Crippen molar-refractivity contribution in [2.75, 3.05) is 39.4 Å². The standard InChI is InChI=1S/C23H28ClN3O5/c1-2-18-14-21(32-25-18)23(29)27-8-7-20(31-19-5-3-17(24)4-6-19)16(15-27)13-22(28)26-9-11-30-12-10-26/h3-6,14,16,20H,2,7-13,15H2,1H3/t16-,20-/m0/s1. The number of halogens is 1. The van der Waals surface area contributed by atoms with Gasteiger partial charge in [-0.15, -0.1) is 0 Å². The Balaban J connectivity index is 1.47. The van der Waals surface area contributed by atoms with Crippen molar-refractivity contribution >= 4 is 23.4 Å². The van der Waals surface area contributed by atoms with Gasteiger partial charge in [-0.3, -0.25) is 9.59 Å². The number of rotatable bonds is 6. The van der Waals surface area contributed by atoms with Crippen LogP contribution >= 0.6 is 11.6 Å². The van der Waals surface area contributed by atoms with Gasteiger partial charge in [0.15, 0.2) is 0 Å². The van der Waals surface area contributed by atoms with Crippen LogP contribution in [-0.2, 0) is 16.0 Å². The van der Waals surface area contributed by atoms with E-state index in [9.17, 15) is 9.59 Å². The molecule has 0 saturated carbocycles. The van der Waals surface area contributed by atoms with Crippen molar-refractivity contribution in [2.24, 2.45) is 5.92 Å². The first-order valence-corrected chi connectivity index (χ1v) is 11.4. The molecule has 0 bridgehead atoms. The minimum absolute atomic E-state index is 0.0604. The molecular weight excluding hydrogens is 434 g/mol. The van der Waals surface area contributed by atoms with E-state index < -0.39 is 0 Å². The third kappa shape index (κ3) is 5.42. The molecule has 0 spiro atoms. The normalized spacial score (nSPS) is 21.4. The number of nitrogens with zero attached hydrogens (tertiary/aromatic N) is 3. The average molecular weight is 462 g/mol. The predicted octanol–water partition coefficient (Wildman–Crippen LogP) is 3.05. The van der Waals surface area contributed by atoms with Crippen LogP contribution in [0.25, 0.3) is 0 Å². The van der Waals surface area contributed by atoms with Crippen molar-refractivity contribution in [1.82, 2.24) is 15.0 Å². The van der Waals surface area contributed by atoms with E-state index >= 15 is 0 Å². The molecule has 0 aliphatic carbocycles. The Labute approximate surface area is 192 Å². The van der Waals surface area contributed by atoms with Crippen molar-refractivity contribution in [1.29, 1.82) is 0 Å². The molecule has 9 heteroatoms. The monoisotopic (exact) mass is 461 g/mol. The summed E-state index contributed by atoms with van der Waals surface area (Å²) in [4.78, 5) is 29.5. The highest BCUT2D eigenvalue weighted by Crippen LogP contribution is 2.28. The lowest BCUT2D eigenvalue weighted by molar-refractivity contribution is -0.137. The van der Waals surface area contributed by atoms with E-state index in [2.05, 4.69) is 5.16 Å². The van der Waals surface area contributed by atoms with Gasteiger partial charge in [0.2, 0.25) is 11.7 Å². The third-order valence-electron chi connectivity index (χ3n) is 5.99. The quantitative estimate of drug-likeness (QED) is 0.657. The fourth-order valence-corrected chi connectivity index (χ4v) is 4.26. The largest absolute Gasteiger partial charge is 0.490 e. The maximum atomic E-state index is 13.0. The number of morpholine rings is 1. The highest BCUT2D eigenvalue weighted by molar-refractivity contribution is 6.30. The molecule has 2 aromatic rings. The summed E-state index contributed by atoms with van der Waals surface area (Å²) in [6.07, 6.45) is 1.43. The molecule has 0 N–H and O–H groups in total. The van der Waals surface area contributed by atoms with Crippen LogP contribution in [-0.4, -0.2) is 72.3 Å². The van der Waals surface area contributed by atoms with Crippen LogP contribution in [0.3, 0.4) is 0 Å². The average Bonchev–Trinajstić information content (AvgIpc) is 3.31. The van der Waals surface area contributed by atoms with E-state index in [0.29, 0.717) is 69.4 Å². The molecule has 1 aromatic heterocycles. The summed E-state index contributed by atoms with van der Waals surface area (Å²) < 4.78 is 16.8. The van der Waals surface area contributed by atoms with E-state index in [1.807, 2.05) is 24.0 Å². The van der Waals surface area contributed by atoms with Crippen LogP contribution < -0.4 is 4.74 Å². The number of likely N-dealkylation sites (tertiary alicyclic amines) is 1. The molecule has 4 rings (SSSR count). The summed E-state index contributed by atoms with van der Waals surface area (Å²) in [5.74, 6) is 0.645. The highest BCUT2D eigenvalue weighted by Gasteiger charge is 2.36. The maximum absolute atomic E-state index is 13.0. The van der Waals surface area contributed by atoms with E-state index in [-0.39, 0.29) is 29.6 Å². The molecule has 0 radical (unpaired) electrons. The molecule has 3 heterocycles. The molecule has 1 aromatic carbocycles. The summed E-state index contributed by atoms with van der Waals surface area (Å²) in [6, 6.07) is 8.88. The molecule has 0 unspecified atom stereocenters. The van der Waals surface area contributed by atoms with Crippen molar-refractivity contribution in [3.63, 3.8) is 0 Å². The van der Waals surface area contributed by atoms with Gasteiger partial charge >= 0.3 is 0 Å². The topological polar surface area (TPSA) is 85.1 Å². The highest BCUT2D eigenvalue weighted by atomic mass is 35.5. The second-order valence-electron chi connectivity index (χ2n) is 8.14. The SMILES string of the molecule is CCc1cc(C(=O)N2CC[C@H](Oc3ccc(Cl)cc3)[C@@H](CC(=O)N3CCOCC3)C2)on1. The van der Waals surface area contributed by atoms with Crippen LogP contribution in [0.1, 0.15) is 36.0 Å². The Kier molecular flexibility index (Phi) is 7.32. The first-order chi connectivity index (χ1) is 15.5. The summed E-state index contributed by atoms with van der Waals surface area (Å²) in [5, 5.41) is 4.56. The van der Waals surface area contributed by atoms with Crippen LogP contribution in [0.15, 0.2) is 34.9 Å². The summed E-state index contributed by atoms with van der Waals surface area (Å²) in [6.45, 7) is 5.17. The van der Waals surface area contributed by atoms with Crippen LogP contribution in [0.5, 0.6) is 5.75 Å². The fraction of sp³-hybridized carbons (Fsp3) is 0.522. The van der Waals surface area contributed by atoms with Crippen LogP contribution in [0.4, 0.5) is 0 Å². The first-order valence-electron chi connectivity index (χ1n) is 11.1. The molecule has 8 nitrogen and oxygen atoms in total. The van der Waals surface area contributed by atoms with Gasteiger partial charge in [0, 0.05) is 56.0 Å². The van der Waals surface area contributed by atoms with Crippen molar-refractivity contribution < 1.29 is 23.6 Å². The van der Waals surface area contributed by atoms with Gasteiger partial charge in [-0.25, -0.2) is 0 Å². The Hall–Kier alpha value is -2.58. The van der Waals surface area contributed by atoms with Gasteiger partial charge in [0.05, 0.1) is 18.9 Å². The molecule has 2 fully saturated rings. The minimum atomic E-state index is -0.203. The van der Waals surface area contributed by atoms with E-state index in [4.69, 9.17) is 25.6 Å². The van der Waals surface area contributed by atoms with Gasteiger partial charge < -0.3 is 23.8 Å². The smallest absolute Gasteiger partial charge is 0.292 e. The molecule has 2 aliphatic rings. The molecule has 2 saturated heterocycles. The Morgan fingerprint density at radius 2 is 1.91 bits per heavy atom. The Morgan fingerprint density at radius 1 is 1.16 bits per heavy atom. The zero-order chi connectivity index (χ0) is 22.5.